The second kappa shape index (κ2) is 5.49. The molecule has 0 saturated carbocycles. The van der Waals surface area contributed by atoms with Crippen LogP contribution in [0.1, 0.15) is 26.3 Å². The number of rotatable bonds is 5. The molecule has 82 valence electrons. The smallest absolute Gasteiger partial charge is 0.141 e. The van der Waals surface area contributed by atoms with Gasteiger partial charge in [-0.15, -0.1) is 0 Å². The molecule has 0 fully saturated rings. The van der Waals surface area contributed by atoms with E-state index in [1.807, 2.05) is 6.07 Å². The Bertz CT molecular complexity index is 334. The van der Waals surface area contributed by atoms with Crippen molar-refractivity contribution in [2.24, 2.45) is 5.92 Å². The lowest BCUT2D eigenvalue weighted by atomic mass is 10.1. The Hall–Kier alpha value is -1.38. The fourth-order valence-corrected chi connectivity index (χ4v) is 1.21. The van der Waals surface area contributed by atoms with Gasteiger partial charge in [0.2, 0.25) is 0 Å². The highest BCUT2D eigenvalue weighted by molar-refractivity contribution is 5.78. The first kappa shape index (κ1) is 11.7. The van der Waals surface area contributed by atoms with Gasteiger partial charge in [0.1, 0.15) is 11.5 Å². The van der Waals surface area contributed by atoms with Crippen LogP contribution in [-0.2, 0) is 11.2 Å². The number of ketones is 1. The zero-order chi connectivity index (χ0) is 11.3. The van der Waals surface area contributed by atoms with E-state index in [0.717, 1.165) is 11.3 Å². The van der Waals surface area contributed by atoms with Crippen molar-refractivity contribution in [1.82, 2.24) is 4.98 Å². The van der Waals surface area contributed by atoms with Crippen molar-refractivity contribution in [2.75, 3.05) is 6.61 Å². The molecule has 0 aliphatic heterocycles. The minimum absolute atomic E-state index is 0.135. The molecule has 1 heterocycles. The molecule has 0 atom stereocenters. The summed E-state index contributed by atoms with van der Waals surface area (Å²) >= 11 is 0. The first-order valence-corrected chi connectivity index (χ1v) is 5.14. The van der Waals surface area contributed by atoms with Crippen LogP contribution in [0.4, 0.5) is 0 Å². The lowest BCUT2D eigenvalue weighted by Gasteiger charge is -2.11. The zero-order valence-electron chi connectivity index (χ0n) is 9.49. The molecule has 0 N–H and O–H groups in total. The summed E-state index contributed by atoms with van der Waals surface area (Å²) in [5.74, 6) is 1.33. The summed E-state index contributed by atoms with van der Waals surface area (Å²) in [4.78, 5) is 15.0. The third-order valence-electron chi connectivity index (χ3n) is 1.88. The summed E-state index contributed by atoms with van der Waals surface area (Å²) in [6.07, 6.45) is 3.76. The van der Waals surface area contributed by atoms with Gasteiger partial charge in [0.15, 0.2) is 0 Å². The van der Waals surface area contributed by atoms with E-state index >= 15 is 0 Å². The third kappa shape index (κ3) is 4.11. The van der Waals surface area contributed by atoms with Gasteiger partial charge in [-0.05, 0) is 18.9 Å². The Morgan fingerprint density at radius 1 is 1.53 bits per heavy atom. The number of carbonyl (C=O) groups is 1. The van der Waals surface area contributed by atoms with Crippen LogP contribution < -0.4 is 4.74 Å². The van der Waals surface area contributed by atoms with E-state index < -0.39 is 0 Å². The predicted octanol–water partition coefficient (Wildman–Crippen LogP) is 2.25. The van der Waals surface area contributed by atoms with E-state index in [0.29, 0.717) is 18.9 Å². The van der Waals surface area contributed by atoms with Crippen molar-refractivity contribution >= 4 is 5.78 Å². The number of nitrogens with zero attached hydrogens (tertiary/aromatic N) is 1. The van der Waals surface area contributed by atoms with Crippen LogP contribution in [0, 0.1) is 5.92 Å². The number of aromatic nitrogens is 1. The standard InChI is InChI=1S/C12H17NO2/c1-9(2)8-15-12-7-13-5-4-11(12)6-10(3)14/h4-5,7,9H,6,8H2,1-3H3. The fourth-order valence-electron chi connectivity index (χ4n) is 1.21. The van der Waals surface area contributed by atoms with Crippen LogP contribution in [0.2, 0.25) is 0 Å². The van der Waals surface area contributed by atoms with Crippen LogP contribution >= 0.6 is 0 Å². The molecule has 0 saturated heterocycles. The Morgan fingerprint density at radius 2 is 2.27 bits per heavy atom. The summed E-state index contributed by atoms with van der Waals surface area (Å²) in [6.45, 7) is 6.39. The molecule has 1 rings (SSSR count). The topological polar surface area (TPSA) is 39.2 Å². The van der Waals surface area contributed by atoms with Crippen LogP contribution in [0.25, 0.3) is 0 Å². The Labute approximate surface area is 90.5 Å². The quantitative estimate of drug-likeness (QED) is 0.743. The van der Waals surface area contributed by atoms with E-state index in [1.165, 1.54) is 0 Å². The molecular weight excluding hydrogens is 190 g/mol. The maximum Gasteiger partial charge on any atom is 0.141 e. The number of ether oxygens (including phenoxy) is 1. The van der Waals surface area contributed by atoms with Gasteiger partial charge in [0.25, 0.3) is 0 Å². The van der Waals surface area contributed by atoms with E-state index in [2.05, 4.69) is 18.8 Å². The maximum absolute atomic E-state index is 11.0. The fraction of sp³-hybridized carbons (Fsp3) is 0.500. The van der Waals surface area contributed by atoms with E-state index in [9.17, 15) is 4.79 Å². The van der Waals surface area contributed by atoms with Crippen molar-refractivity contribution in [3.05, 3.63) is 24.0 Å². The first-order valence-electron chi connectivity index (χ1n) is 5.14. The van der Waals surface area contributed by atoms with Crippen molar-refractivity contribution in [3.8, 4) is 5.75 Å². The summed E-state index contributed by atoms with van der Waals surface area (Å²) < 4.78 is 5.58. The average Bonchev–Trinajstić information content (AvgIpc) is 2.15. The first-order chi connectivity index (χ1) is 7.09. The highest BCUT2D eigenvalue weighted by atomic mass is 16.5. The van der Waals surface area contributed by atoms with Gasteiger partial charge >= 0.3 is 0 Å². The van der Waals surface area contributed by atoms with Crippen molar-refractivity contribution in [2.45, 2.75) is 27.2 Å². The zero-order valence-corrected chi connectivity index (χ0v) is 9.49. The van der Waals surface area contributed by atoms with E-state index in [-0.39, 0.29) is 5.78 Å². The maximum atomic E-state index is 11.0. The lowest BCUT2D eigenvalue weighted by Crippen LogP contribution is -2.07. The predicted molar refractivity (Wildman–Crippen MR) is 59.0 cm³/mol. The highest BCUT2D eigenvalue weighted by Gasteiger charge is 2.06. The van der Waals surface area contributed by atoms with Gasteiger partial charge in [0, 0.05) is 18.2 Å². The van der Waals surface area contributed by atoms with Gasteiger partial charge in [-0.3, -0.25) is 9.78 Å². The normalized spacial score (nSPS) is 10.4. The van der Waals surface area contributed by atoms with Crippen LogP contribution in [0.3, 0.4) is 0 Å². The number of Topliss-reactive ketones (excluding diaryl/α,β-unsaturated/α-hetero) is 1. The van der Waals surface area contributed by atoms with Gasteiger partial charge in [-0.1, -0.05) is 13.8 Å². The lowest BCUT2D eigenvalue weighted by molar-refractivity contribution is -0.116. The number of pyridine rings is 1. The Kier molecular flexibility index (Phi) is 4.28. The average molecular weight is 207 g/mol. The molecule has 0 aliphatic rings. The van der Waals surface area contributed by atoms with Gasteiger partial charge in [-0.2, -0.15) is 0 Å². The van der Waals surface area contributed by atoms with Crippen LogP contribution in [-0.4, -0.2) is 17.4 Å². The molecule has 0 spiro atoms. The Balaban J connectivity index is 2.72. The summed E-state index contributed by atoms with van der Waals surface area (Å²) in [5, 5.41) is 0. The van der Waals surface area contributed by atoms with Crippen LogP contribution in [0.5, 0.6) is 5.75 Å². The Morgan fingerprint density at radius 3 is 2.87 bits per heavy atom. The molecular formula is C12H17NO2. The van der Waals surface area contributed by atoms with Crippen molar-refractivity contribution in [1.29, 1.82) is 0 Å². The van der Waals surface area contributed by atoms with Gasteiger partial charge in [-0.25, -0.2) is 0 Å². The molecule has 15 heavy (non-hydrogen) atoms. The molecule has 0 unspecified atom stereocenters. The summed E-state index contributed by atoms with van der Waals surface area (Å²) in [5.41, 5.74) is 0.915. The van der Waals surface area contributed by atoms with Crippen LogP contribution in [0.15, 0.2) is 18.5 Å². The molecule has 0 amide bonds. The molecule has 1 aromatic heterocycles. The van der Waals surface area contributed by atoms with Gasteiger partial charge < -0.3 is 4.74 Å². The van der Waals surface area contributed by atoms with Crippen molar-refractivity contribution in [3.63, 3.8) is 0 Å². The SMILES string of the molecule is CC(=O)Cc1ccncc1OCC(C)C. The monoisotopic (exact) mass is 207 g/mol. The molecule has 0 radical (unpaired) electrons. The van der Waals surface area contributed by atoms with E-state index in [4.69, 9.17) is 4.74 Å². The number of hydrogen-bond acceptors (Lipinski definition) is 3. The third-order valence-corrected chi connectivity index (χ3v) is 1.88. The minimum atomic E-state index is 0.135. The molecule has 3 nitrogen and oxygen atoms in total. The summed E-state index contributed by atoms with van der Waals surface area (Å²) in [7, 11) is 0. The van der Waals surface area contributed by atoms with Gasteiger partial charge in [0.05, 0.1) is 12.8 Å². The second-order valence-corrected chi connectivity index (χ2v) is 4.07. The van der Waals surface area contributed by atoms with Crippen molar-refractivity contribution < 1.29 is 9.53 Å². The largest absolute Gasteiger partial charge is 0.491 e. The second-order valence-electron chi connectivity index (χ2n) is 4.07. The molecule has 0 bridgehead atoms. The van der Waals surface area contributed by atoms with E-state index in [1.54, 1.807) is 19.3 Å². The number of hydrogen-bond donors (Lipinski definition) is 0. The highest BCUT2D eigenvalue weighted by Crippen LogP contribution is 2.17. The molecule has 1 aromatic rings. The molecule has 0 aliphatic carbocycles. The molecule has 3 heteroatoms. The number of carbonyl (C=O) groups excluding carboxylic acids is 1. The molecule has 0 aromatic carbocycles. The minimum Gasteiger partial charge on any atom is -0.491 e. The summed E-state index contributed by atoms with van der Waals surface area (Å²) in [6, 6.07) is 1.83.